The van der Waals surface area contributed by atoms with Gasteiger partial charge in [0, 0.05) is 10.9 Å². The van der Waals surface area contributed by atoms with Crippen LogP contribution in [0.4, 0.5) is 13.2 Å². The van der Waals surface area contributed by atoms with Crippen molar-refractivity contribution in [2.75, 3.05) is 0 Å². The zero-order chi connectivity index (χ0) is 14.0. The summed E-state index contributed by atoms with van der Waals surface area (Å²) in [6.45, 7) is 0. The number of halogens is 4. The number of Topliss-reactive ketones (excluding diaryl/α,β-unsaturated/α-hetero) is 1. The molecule has 0 aliphatic rings. The Morgan fingerprint density at radius 1 is 1.00 bits per heavy atom. The predicted octanol–water partition coefficient (Wildman–Crippen LogP) is 4.29. The summed E-state index contributed by atoms with van der Waals surface area (Å²) in [7, 11) is 0. The first-order valence-electron chi connectivity index (χ1n) is 5.39. The number of hydrogen-bond acceptors (Lipinski definition) is 1. The van der Waals surface area contributed by atoms with Crippen LogP contribution in [0.25, 0.3) is 0 Å². The summed E-state index contributed by atoms with van der Waals surface area (Å²) < 4.78 is 40.5. The summed E-state index contributed by atoms with van der Waals surface area (Å²) in [6.07, 6.45) is -0.320. The van der Waals surface area contributed by atoms with Crippen molar-refractivity contribution < 1.29 is 18.0 Å². The van der Waals surface area contributed by atoms with E-state index in [4.69, 9.17) is 0 Å². The number of carbonyl (C=O) groups is 1. The maximum Gasteiger partial charge on any atom is 0.170 e. The monoisotopic (exact) mass is 328 g/mol. The van der Waals surface area contributed by atoms with Gasteiger partial charge in [-0.05, 0) is 35.9 Å². The normalized spacial score (nSPS) is 10.5. The van der Waals surface area contributed by atoms with Crippen molar-refractivity contribution in [1.82, 2.24) is 0 Å². The van der Waals surface area contributed by atoms with E-state index in [1.54, 1.807) is 6.07 Å². The predicted molar refractivity (Wildman–Crippen MR) is 68.5 cm³/mol. The molecule has 98 valence electrons. The van der Waals surface area contributed by atoms with Gasteiger partial charge < -0.3 is 0 Å². The highest BCUT2D eigenvalue weighted by atomic mass is 79.9. The van der Waals surface area contributed by atoms with Gasteiger partial charge in [-0.2, -0.15) is 0 Å². The minimum atomic E-state index is -0.816. The average molecular weight is 329 g/mol. The molecule has 0 fully saturated rings. The fourth-order valence-electron chi connectivity index (χ4n) is 1.64. The van der Waals surface area contributed by atoms with Crippen molar-refractivity contribution in [2.24, 2.45) is 0 Å². The maximum atomic E-state index is 13.6. The molecule has 0 unspecified atom stereocenters. The van der Waals surface area contributed by atoms with Crippen LogP contribution in [0, 0.1) is 17.5 Å². The van der Waals surface area contributed by atoms with Crippen LogP contribution in [-0.2, 0) is 6.42 Å². The van der Waals surface area contributed by atoms with E-state index in [9.17, 15) is 18.0 Å². The van der Waals surface area contributed by atoms with Gasteiger partial charge in [0.1, 0.15) is 17.5 Å². The summed E-state index contributed by atoms with van der Waals surface area (Å²) >= 11 is 3.09. The molecule has 19 heavy (non-hydrogen) atoms. The minimum Gasteiger partial charge on any atom is -0.294 e. The van der Waals surface area contributed by atoms with E-state index >= 15 is 0 Å². The van der Waals surface area contributed by atoms with Gasteiger partial charge in [0.05, 0.1) is 5.56 Å². The highest BCUT2D eigenvalue weighted by Crippen LogP contribution is 2.18. The molecule has 0 amide bonds. The SMILES string of the molecule is O=C(Cc1ccc(Br)cc1F)c1cc(F)ccc1F. The maximum absolute atomic E-state index is 13.6. The van der Waals surface area contributed by atoms with E-state index in [0.717, 1.165) is 18.2 Å². The molecular weight excluding hydrogens is 321 g/mol. The highest BCUT2D eigenvalue weighted by molar-refractivity contribution is 9.10. The molecule has 1 nitrogen and oxygen atoms in total. The van der Waals surface area contributed by atoms with E-state index in [2.05, 4.69) is 15.9 Å². The molecule has 0 radical (unpaired) electrons. The number of ketones is 1. The molecule has 0 N–H and O–H groups in total. The highest BCUT2D eigenvalue weighted by Gasteiger charge is 2.15. The van der Waals surface area contributed by atoms with E-state index in [-0.39, 0.29) is 17.5 Å². The molecule has 0 saturated heterocycles. The fourth-order valence-corrected chi connectivity index (χ4v) is 1.98. The Morgan fingerprint density at radius 2 is 1.74 bits per heavy atom. The van der Waals surface area contributed by atoms with Gasteiger partial charge in [0.2, 0.25) is 0 Å². The van der Waals surface area contributed by atoms with Crippen LogP contribution in [0.5, 0.6) is 0 Å². The molecule has 0 saturated carbocycles. The summed E-state index contributed by atoms with van der Waals surface area (Å²) in [5.41, 5.74) is -0.237. The zero-order valence-electron chi connectivity index (χ0n) is 9.59. The van der Waals surface area contributed by atoms with Crippen molar-refractivity contribution >= 4 is 21.7 Å². The second-order valence-electron chi connectivity index (χ2n) is 3.96. The molecule has 5 heteroatoms. The lowest BCUT2D eigenvalue weighted by Gasteiger charge is -2.05. The van der Waals surface area contributed by atoms with E-state index in [1.807, 2.05) is 0 Å². The van der Waals surface area contributed by atoms with Crippen molar-refractivity contribution in [3.05, 3.63) is 69.4 Å². The third-order valence-electron chi connectivity index (χ3n) is 2.59. The van der Waals surface area contributed by atoms with Gasteiger partial charge in [-0.1, -0.05) is 22.0 Å². The van der Waals surface area contributed by atoms with Crippen molar-refractivity contribution in [3.63, 3.8) is 0 Å². The second kappa shape index (κ2) is 5.57. The standard InChI is InChI=1S/C14H8BrF3O/c15-9-2-1-8(13(18)6-9)5-14(19)11-7-10(16)3-4-12(11)17/h1-4,6-7H,5H2. The van der Waals surface area contributed by atoms with Crippen LogP contribution >= 0.6 is 15.9 Å². The molecular formula is C14H8BrF3O. The van der Waals surface area contributed by atoms with Crippen LogP contribution in [0.3, 0.4) is 0 Å². The Kier molecular flexibility index (Phi) is 4.04. The number of hydrogen-bond donors (Lipinski definition) is 0. The van der Waals surface area contributed by atoms with Gasteiger partial charge in [-0.3, -0.25) is 4.79 Å². The first-order valence-corrected chi connectivity index (χ1v) is 6.19. The molecule has 2 aromatic rings. The lowest BCUT2D eigenvalue weighted by atomic mass is 10.0. The number of benzene rings is 2. The van der Waals surface area contributed by atoms with Gasteiger partial charge in [-0.25, -0.2) is 13.2 Å². The Balaban J connectivity index is 2.28. The third kappa shape index (κ3) is 3.23. The Hall–Kier alpha value is -1.62. The van der Waals surface area contributed by atoms with Crippen molar-refractivity contribution in [1.29, 1.82) is 0 Å². The average Bonchev–Trinajstić information content (AvgIpc) is 2.35. The quantitative estimate of drug-likeness (QED) is 0.768. The van der Waals surface area contributed by atoms with Crippen LogP contribution in [-0.4, -0.2) is 5.78 Å². The van der Waals surface area contributed by atoms with Crippen LogP contribution in [0.15, 0.2) is 40.9 Å². The van der Waals surface area contributed by atoms with Gasteiger partial charge in [0.25, 0.3) is 0 Å². The molecule has 0 spiro atoms. The van der Waals surface area contributed by atoms with E-state index in [1.165, 1.54) is 12.1 Å². The third-order valence-corrected chi connectivity index (χ3v) is 3.09. The fraction of sp³-hybridized carbons (Fsp3) is 0.0714. The zero-order valence-corrected chi connectivity index (χ0v) is 11.2. The Morgan fingerprint density at radius 3 is 2.42 bits per heavy atom. The number of carbonyl (C=O) groups excluding carboxylic acids is 1. The topological polar surface area (TPSA) is 17.1 Å². The lowest BCUT2D eigenvalue weighted by molar-refractivity contribution is 0.0987. The summed E-state index contributed by atoms with van der Waals surface area (Å²) in [5, 5.41) is 0. The molecule has 2 aromatic carbocycles. The second-order valence-corrected chi connectivity index (χ2v) is 4.88. The molecule has 0 aliphatic heterocycles. The molecule has 0 aliphatic carbocycles. The van der Waals surface area contributed by atoms with E-state index < -0.39 is 23.2 Å². The summed E-state index contributed by atoms with van der Waals surface area (Å²) in [6, 6.07) is 6.83. The smallest absolute Gasteiger partial charge is 0.170 e. The molecule has 0 heterocycles. The molecule has 0 bridgehead atoms. The van der Waals surface area contributed by atoms with Crippen LogP contribution < -0.4 is 0 Å². The van der Waals surface area contributed by atoms with Crippen molar-refractivity contribution in [3.8, 4) is 0 Å². The molecule has 0 aromatic heterocycles. The van der Waals surface area contributed by atoms with Gasteiger partial charge in [0.15, 0.2) is 5.78 Å². The first-order chi connectivity index (χ1) is 8.97. The minimum absolute atomic E-state index is 0.136. The van der Waals surface area contributed by atoms with E-state index in [0.29, 0.717) is 4.47 Å². The summed E-state index contributed by atoms with van der Waals surface area (Å²) in [5.74, 6) is -2.76. The first kappa shape index (κ1) is 13.8. The molecule has 0 atom stereocenters. The van der Waals surface area contributed by atoms with Gasteiger partial charge in [-0.15, -0.1) is 0 Å². The van der Waals surface area contributed by atoms with Gasteiger partial charge >= 0.3 is 0 Å². The molecule has 2 rings (SSSR count). The summed E-state index contributed by atoms with van der Waals surface area (Å²) in [4.78, 5) is 11.8. The number of rotatable bonds is 3. The largest absolute Gasteiger partial charge is 0.294 e. The van der Waals surface area contributed by atoms with Crippen LogP contribution in [0.1, 0.15) is 15.9 Å². The Bertz CT molecular complexity index is 641. The lowest BCUT2D eigenvalue weighted by Crippen LogP contribution is -2.08. The Labute approximate surface area is 116 Å². The van der Waals surface area contributed by atoms with Crippen LogP contribution in [0.2, 0.25) is 0 Å². The van der Waals surface area contributed by atoms with Crippen molar-refractivity contribution in [2.45, 2.75) is 6.42 Å².